The molecule has 1 atom stereocenters. The minimum absolute atomic E-state index is 0.139. The lowest BCUT2D eigenvalue weighted by Gasteiger charge is -2.12. The smallest absolute Gasteiger partial charge is 0.258 e. The molecule has 0 saturated heterocycles. The van der Waals surface area contributed by atoms with E-state index in [9.17, 15) is 13.2 Å². The van der Waals surface area contributed by atoms with Gasteiger partial charge in [0.2, 0.25) is 10.0 Å². The van der Waals surface area contributed by atoms with E-state index in [1.165, 1.54) is 24.3 Å². The molecule has 1 heterocycles. The maximum Gasteiger partial charge on any atom is 0.258 e. The molecule has 0 bridgehead atoms. The zero-order valence-electron chi connectivity index (χ0n) is 14.8. The Morgan fingerprint density at radius 1 is 1.23 bits per heavy atom. The first kappa shape index (κ1) is 19.9. The van der Waals surface area contributed by atoms with Crippen molar-refractivity contribution >= 4 is 15.9 Å². The Hall–Kier alpha value is -2.45. The molecule has 2 aromatic rings. The number of carbonyl (C=O) groups is 1. The van der Waals surface area contributed by atoms with Crippen molar-refractivity contribution in [2.24, 2.45) is 0 Å². The molecule has 1 amide bonds. The first-order chi connectivity index (χ1) is 12.4. The summed E-state index contributed by atoms with van der Waals surface area (Å²) >= 11 is 0. The minimum Gasteiger partial charge on any atom is -0.484 e. The highest BCUT2D eigenvalue weighted by Gasteiger charge is 2.16. The van der Waals surface area contributed by atoms with Gasteiger partial charge in [0.25, 0.3) is 5.91 Å². The molecule has 2 N–H and O–H groups in total. The van der Waals surface area contributed by atoms with Crippen LogP contribution in [0.5, 0.6) is 5.75 Å². The predicted molar refractivity (Wildman–Crippen MR) is 98.1 cm³/mol. The van der Waals surface area contributed by atoms with Gasteiger partial charge in [-0.05, 0) is 49.2 Å². The summed E-state index contributed by atoms with van der Waals surface area (Å²) in [5.74, 6) is 0.146. The summed E-state index contributed by atoms with van der Waals surface area (Å²) in [6, 6.07) is 9.48. The molecule has 0 aliphatic rings. The molecular formula is C18H23N3O4S. The third kappa shape index (κ3) is 6.12. The Labute approximate surface area is 153 Å². The Morgan fingerprint density at radius 3 is 2.58 bits per heavy atom. The van der Waals surface area contributed by atoms with Gasteiger partial charge in [-0.2, -0.15) is 0 Å². The number of nitrogens with zero attached hydrogens (tertiary/aromatic N) is 1. The second-order valence-corrected chi connectivity index (χ2v) is 7.54. The van der Waals surface area contributed by atoms with Crippen LogP contribution >= 0.6 is 0 Å². The van der Waals surface area contributed by atoms with E-state index < -0.39 is 10.0 Å². The van der Waals surface area contributed by atoms with Gasteiger partial charge in [-0.1, -0.05) is 13.0 Å². The van der Waals surface area contributed by atoms with Crippen LogP contribution in [-0.4, -0.2) is 32.0 Å². The first-order valence-corrected chi connectivity index (χ1v) is 9.80. The van der Waals surface area contributed by atoms with Gasteiger partial charge in [0.15, 0.2) is 6.61 Å². The molecule has 8 heteroatoms. The molecule has 1 aromatic heterocycles. The number of sulfonamides is 1. The van der Waals surface area contributed by atoms with Crippen molar-refractivity contribution in [3.05, 3.63) is 54.4 Å². The van der Waals surface area contributed by atoms with E-state index in [0.29, 0.717) is 18.7 Å². The second-order valence-electron chi connectivity index (χ2n) is 5.83. The summed E-state index contributed by atoms with van der Waals surface area (Å²) in [7, 11) is -3.55. The SMILES string of the molecule is CC[C@H](C)NS(=O)(=O)c1ccc(OCC(=O)NCc2cccnc2)cc1. The Morgan fingerprint density at radius 2 is 1.96 bits per heavy atom. The number of pyridine rings is 1. The number of ether oxygens (including phenoxy) is 1. The van der Waals surface area contributed by atoms with Crippen LogP contribution < -0.4 is 14.8 Å². The zero-order chi connectivity index (χ0) is 19.0. The summed E-state index contributed by atoms with van der Waals surface area (Å²) in [5.41, 5.74) is 0.893. The average molecular weight is 377 g/mol. The number of benzene rings is 1. The van der Waals surface area contributed by atoms with Gasteiger partial charge in [0.05, 0.1) is 4.90 Å². The molecule has 0 unspecified atom stereocenters. The topological polar surface area (TPSA) is 97.4 Å². The van der Waals surface area contributed by atoms with Crippen molar-refractivity contribution in [2.45, 2.75) is 37.8 Å². The van der Waals surface area contributed by atoms with Crippen molar-refractivity contribution in [1.29, 1.82) is 0 Å². The molecule has 2 rings (SSSR count). The van der Waals surface area contributed by atoms with Gasteiger partial charge in [-0.3, -0.25) is 9.78 Å². The fraction of sp³-hybridized carbons (Fsp3) is 0.333. The van der Waals surface area contributed by atoms with Crippen LogP contribution in [-0.2, 0) is 21.4 Å². The first-order valence-electron chi connectivity index (χ1n) is 8.31. The number of carbonyl (C=O) groups excluding carboxylic acids is 1. The Bertz CT molecular complexity index is 808. The van der Waals surface area contributed by atoms with Crippen molar-refractivity contribution in [3.63, 3.8) is 0 Å². The highest BCUT2D eigenvalue weighted by molar-refractivity contribution is 7.89. The maximum atomic E-state index is 12.2. The normalized spacial score (nSPS) is 12.4. The average Bonchev–Trinajstić information content (AvgIpc) is 2.65. The molecule has 0 radical (unpaired) electrons. The van der Waals surface area contributed by atoms with Crippen LogP contribution in [0.3, 0.4) is 0 Å². The van der Waals surface area contributed by atoms with E-state index >= 15 is 0 Å². The van der Waals surface area contributed by atoms with E-state index in [1.807, 2.05) is 13.0 Å². The molecule has 0 aliphatic heterocycles. The molecule has 7 nitrogen and oxygen atoms in total. The van der Waals surface area contributed by atoms with Crippen LogP contribution in [0.25, 0.3) is 0 Å². The molecule has 1 aromatic carbocycles. The summed E-state index contributed by atoms with van der Waals surface area (Å²) in [6.07, 6.45) is 4.04. The summed E-state index contributed by atoms with van der Waals surface area (Å²) in [6.45, 7) is 3.93. The molecule has 0 aliphatic carbocycles. The number of hydrogen-bond donors (Lipinski definition) is 2. The van der Waals surface area contributed by atoms with Gasteiger partial charge in [-0.25, -0.2) is 13.1 Å². The number of amides is 1. The van der Waals surface area contributed by atoms with Crippen molar-refractivity contribution in [2.75, 3.05) is 6.61 Å². The van der Waals surface area contributed by atoms with E-state index in [-0.39, 0.29) is 23.5 Å². The monoisotopic (exact) mass is 377 g/mol. The lowest BCUT2D eigenvalue weighted by molar-refractivity contribution is -0.123. The van der Waals surface area contributed by atoms with Gasteiger partial charge in [0.1, 0.15) is 5.75 Å². The standard InChI is InChI=1S/C18H23N3O4S/c1-3-14(2)21-26(23,24)17-8-6-16(7-9-17)25-13-18(22)20-12-15-5-4-10-19-11-15/h4-11,14,21H,3,12-13H2,1-2H3,(H,20,22)/t14-/m0/s1. The summed E-state index contributed by atoms with van der Waals surface area (Å²) < 4.78 is 32.3. The largest absolute Gasteiger partial charge is 0.484 e. The van der Waals surface area contributed by atoms with E-state index in [4.69, 9.17) is 4.74 Å². The summed E-state index contributed by atoms with van der Waals surface area (Å²) in [5, 5.41) is 2.72. The van der Waals surface area contributed by atoms with Crippen LogP contribution in [0.4, 0.5) is 0 Å². The van der Waals surface area contributed by atoms with Crippen LogP contribution in [0, 0.1) is 0 Å². The van der Waals surface area contributed by atoms with Gasteiger partial charge in [-0.15, -0.1) is 0 Å². The van der Waals surface area contributed by atoms with Crippen molar-refractivity contribution in [3.8, 4) is 5.75 Å². The van der Waals surface area contributed by atoms with Crippen LogP contribution in [0.2, 0.25) is 0 Å². The Kier molecular flexibility index (Phi) is 7.11. The molecular weight excluding hydrogens is 354 g/mol. The van der Waals surface area contributed by atoms with Crippen LogP contribution in [0.1, 0.15) is 25.8 Å². The zero-order valence-corrected chi connectivity index (χ0v) is 15.6. The van der Waals surface area contributed by atoms with Crippen LogP contribution in [0.15, 0.2) is 53.7 Å². The van der Waals surface area contributed by atoms with E-state index in [0.717, 1.165) is 5.56 Å². The van der Waals surface area contributed by atoms with Gasteiger partial charge >= 0.3 is 0 Å². The van der Waals surface area contributed by atoms with Crippen molar-refractivity contribution < 1.29 is 17.9 Å². The van der Waals surface area contributed by atoms with Crippen molar-refractivity contribution in [1.82, 2.24) is 15.0 Å². The molecule has 26 heavy (non-hydrogen) atoms. The quantitative estimate of drug-likeness (QED) is 0.695. The van der Waals surface area contributed by atoms with Gasteiger partial charge in [0, 0.05) is 25.0 Å². The number of hydrogen-bond acceptors (Lipinski definition) is 5. The third-order valence-electron chi connectivity index (χ3n) is 3.69. The van der Waals surface area contributed by atoms with Gasteiger partial charge < -0.3 is 10.1 Å². The predicted octanol–water partition coefficient (Wildman–Crippen LogP) is 1.85. The maximum absolute atomic E-state index is 12.2. The fourth-order valence-electron chi connectivity index (χ4n) is 2.03. The minimum atomic E-state index is -3.55. The van der Waals surface area contributed by atoms with E-state index in [2.05, 4.69) is 15.0 Å². The Balaban J connectivity index is 1.84. The lowest BCUT2D eigenvalue weighted by Crippen LogP contribution is -2.32. The third-order valence-corrected chi connectivity index (χ3v) is 5.29. The number of rotatable bonds is 9. The molecule has 140 valence electrons. The molecule has 0 spiro atoms. The highest BCUT2D eigenvalue weighted by atomic mass is 32.2. The summed E-state index contributed by atoms with van der Waals surface area (Å²) in [4.78, 5) is 15.9. The number of aromatic nitrogens is 1. The number of nitrogens with one attached hydrogen (secondary N) is 2. The molecule has 0 fully saturated rings. The second kappa shape index (κ2) is 9.30. The molecule has 0 saturated carbocycles. The van der Waals surface area contributed by atoms with E-state index in [1.54, 1.807) is 25.4 Å². The lowest BCUT2D eigenvalue weighted by atomic mass is 10.3. The highest BCUT2D eigenvalue weighted by Crippen LogP contribution is 2.16. The fourth-order valence-corrected chi connectivity index (χ4v) is 3.36.